The Labute approximate surface area is 253 Å². The number of hydrogen-bond acceptors (Lipinski definition) is 6. The molecule has 4 N–H and O–H groups in total. The van der Waals surface area contributed by atoms with Crippen LogP contribution in [0.1, 0.15) is 60.7 Å². The molecule has 4 rings (SSSR count). The lowest BCUT2D eigenvalue weighted by molar-refractivity contribution is -0.110. The van der Waals surface area contributed by atoms with E-state index in [1.54, 1.807) is 18.2 Å². The van der Waals surface area contributed by atoms with Crippen LogP contribution in [-0.4, -0.2) is 55.6 Å². The fourth-order valence-corrected chi connectivity index (χ4v) is 4.70. The van der Waals surface area contributed by atoms with Crippen molar-refractivity contribution in [3.05, 3.63) is 95.1 Å². The zero-order chi connectivity index (χ0) is 31.0. The minimum atomic E-state index is -0.543. The van der Waals surface area contributed by atoms with Crippen LogP contribution < -0.4 is 21.3 Å². The van der Waals surface area contributed by atoms with Crippen molar-refractivity contribution in [2.45, 2.75) is 45.8 Å². The van der Waals surface area contributed by atoms with Crippen LogP contribution in [0.4, 0.5) is 16.2 Å². The first-order valence-electron chi connectivity index (χ1n) is 14.5. The molecule has 3 aromatic rings. The molecule has 0 saturated heterocycles. The molecule has 0 spiro atoms. The van der Waals surface area contributed by atoms with Gasteiger partial charge < -0.3 is 30.9 Å². The van der Waals surface area contributed by atoms with Gasteiger partial charge in [-0.2, -0.15) is 0 Å². The first-order valence-corrected chi connectivity index (χ1v) is 14.5. The van der Waals surface area contributed by atoms with Gasteiger partial charge in [-0.05, 0) is 89.2 Å². The van der Waals surface area contributed by atoms with Crippen LogP contribution >= 0.6 is 0 Å². The standard InChI is InChI=1S/C34H41N5O4/c1-34(2,3)43-33(42)36-20-10-9-19-35-31(40)25-15-18-28-27(21-25)29(32(41)38-28)30(24-11-7-6-8-12-24)37-26-16-13-23(14-17-26)22-39(4)5/h6-8,11-18,21,37H,9-10,19-20,22H2,1-5H3,(H,35,40)(H,36,42)(H,38,41)/b30-29-. The Morgan fingerprint density at radius 3 is 2.19 bits per heavy atom. The summed E-state index contributed by atoms with van der Waals surface area (Å²) in [6.45, 7) is 7.18. The zero-order valence-corrected chi connectivity index (χ0v) is 25.5. The Bertz CT molecular complexity index is 1470. The number of carbonyl (C=O) groups is 3. The van der Waals surface area contributed by atoms with E-state index in [2.05, 4.69) is 38.3 Å². The summed E-state index contributed by atoms with van der Waals surface area (Å²) in [5, 5.41) is 12.1. The van der Waals surface area contributed by atoms with Crippen molar-refractivity contribution >= 4 is 40.6 Å². The SMILES string of the molecule is CN(C)Cc1ccc(N/C(=C2\C(=O)Nc3ccc(C(=O)NCCCCNC(=O)OC(C)(C)C)cc32)c2ccccc2)cc1. The lowest BCUT2D eigenvalue weighted by atomic mass is 9.98. The van der Waals surface area contributed by atoms with Gasteiger partial charge in [0, 0.05) is 42.1 Å². The van der Waals surface area contributed by atoms with Crippen LogP contribution in [0.2, 0.25) is 0 Å². The molecule has 0 saturated carbocycles. The number of unbranched alkanes of at least 4 members (excludes halogenated alkanes) is 1. The highest BCUT2D eigenvalue weighted by molar-refractivity contribution is 6.37. The molecule has 226 valence electrons. The molecule has 0 bridgehead atoms. The average molecular weight is 584 g/mol. The summed E-state index contributed by atoms with van der Waals surface area (Å²) < 4.78 is 5.23. The lowest BCUT2D eigenvalue weighted by Crippen LogP contribution is -2.33. The number of ether oxygens (including phenoxy) is 1. The van der Waals surface area contributed by atoms with Crippen molar-refractivity contribution in [2.24, 2.45) is 0 Å². The number of fused-ring (bicyclic) bond motifs is 1. The first kappa shape index (κ1) is 31.3. The molecule has 0 radical (unpaired) electrons. The predicted octanol–water partition coefficient (Wildman–Crippen LogP) is 5.72. The van der Waals surface area contributed by atoms with E-state index in [1.807, 2.05) is 77.3 Å². The quantitative estimate of drug-likeness (QED) is 0.170. The Morgan fingerprint density at radius 2 is 1.53 bits per heavy atom. The highest BCUT2D eigenvalue weighted by atomic mass is 16.6. The highest BCUT2D eigenvalue weighted by Crippen LogP contribution is 2.38. The maximum atomic E-state index is 13.3. The molecule has 0 fully saturated rings. The van der Waals surface area contributed by atoms with E-state index >= 15 is 0 Å². The number of amides is 3. The Balaban J connectivity index is 1.49. The van der Waals surface area contributed by atoms with Crippen molar-refractivity contribution < 1.29 is 19.1 Å². The van der Waals surface area contributed by atoms with Crippen molar-refractivity contribution in [1.29, 1.82) is 0 Å². The topological polar surface area (TPSA) is 112 Å². The smallest absolute Gasteiger partial charge is 0.407 e. The van der Waals surface area contributed by atoms with E-state index in [-0.39, 0.29) is 11.8 Å². The van der Waals surface area contributed by atoms with E-state index in [4.69, 9.17) is 4.74 Å². The summed E-state index contributed by atoms with van der Waals surface area (Å²) in [5.74, 6) is -0.465. The van der Waals surface area contributed by atoms with Gasteiger partial charge in [-0.3, -0.25) is 9.59 Å². The molecule has 0 aromatic heterocycles. The third kappa shape index (κ3) is 8.93. The minimum absolute atomic E-state index is 0.229. The molecule has 1 aliphatic rings. The third-order valence-corrected chi connectivity index (χ3v) is 6.62. The van der Waals surface area contributed by atoms with Crippen molar-refractivity contribution in [2.75, 3.05) is 37.8 Å². The molecular formula is C34H41N5O4. The summed E-state index contributed by atoms with van der Waals surface area (Å²) in [7, 11) is 4.06. The fourth-order valence-electron chi connectivity index (χ4n) is 4.70. The van der Waals surface area contributed by atoms with Gasteiger partial charge in [0.2, 0.25) is 0 Å². The van der Waals surface area contributed by atoms with E-state index in [1.165, 1.54) is 5.56 Å². The molecular weight excluding hydrogens is 542 g/mol. The van der Waals surface area contributed by atoms with Gasteiger partial charge in [0.15, 0.2) is 0 Å². The monoisotopic (exact) mass is 583 g/mol. The van der Waals surface area contributed by atoms with Gasteiger partial charge >= 0.3 is 6.09 Å². The Hall–Kier alpha value is -4.63. The number of nitrogens with zero attached hydrogens (tertiary/aromatic N) is 1. The summed E-state index contributed by atoms with van der Waals surface area (Å²) in [4.78, 5) is 40.2. The van der Waals surface area contributed by atoms with Crippen LogP contribution in [0, 0.1) is 0 Å². The fraction of sp³-hybridized carbons (Fsp3) is 0.324. The molecule has 9 nitrogen and oxygen atoms in total. The van der Waals surface area contributed by atoms with Gasteiger partial charge in [-0.15, -0.1) is 0 Å². The third-order valence-electron chi connectivity index (χ3n) is 6.62. The van der Waals surface area contributed by atoms with Crippen molar-refractivity contribution in [3.63, 3.8) is 0 Å². The molecule has 1 heterocycles. The van der Waals surface area contributed by atoms with Gasteiger partial charge in [0.25, 0.3) is 11.8 Å². The number of carbonyl (C=O) groups excluding carboxylic acids is 3. The molecule has 0 atom stereocenters. The zero-order valence-electron chi connectivity index (χ0n) is 25.5. The highest BCUT2D eigenvalue weighted by Gasteiger charge is 2.29. The van der Waals surface area contributed by atoms with Crippen LogP contribution in [0.15, 0.2) is 72.8 Å². The predicted molar refractivity (Wildman–Crippen MR) is 172 cm³/mol. The average Bonchev–Trinajstić information content (AvgIpc) is 3.28. The second-order valence-corrected chi connectivity index (χ2v) is 11.8. The number of anilines is 2. The molecule has 3 aromatic carbocycles. The molecule has 9 heteroatoms. The van der Waals surface area contributed by atoms with Crippen molar-refractivity contribution in [3.8, 4) is 0 Å². The summed E-state index contributed by atoms with van der Waals surface area (Å²) in [5.41, 5.74) is 5.25. The lowest BCUT2D eigenvalue weighted by Gasteiger charge is -2.19. The minimum Gasteiger partial charge on any atom is -0.444 e. The van der Waals surface area contributed by atoms with Gasteiger partial charge in [-0.1, -0.05) is 42.5 Å². The van der Waals surface area contributed by atoms with Crippen LogP contribution in [0.3, 0.4) is 0 Å². The van der Waals surface area contributed by atoms with E-state index in [9.17, 15) is 14.4 Å². The van der Waals surface area contributed by atoms with Crippen LogP contribution in [-0.2, 0) is 16.1 Å². The molecule has 0 unspecified atom stereocenters. The molecule has 0 aliphatic carbocycles. The van der Waals surface area contributed by atoms with Crippen LogP contribution in [0.5, 0.6) is 0 Å². The van der Waals surface area contributed by atoms with E-state index in [0.717, 1.165) is 17.8 Å². The Morgan fingerprint density at radius 1 is 0.860 bits per heavy atom. The number of alkyl carbamates (subject to hydrolysis) is 1. The van der Waals surface area contributed by atoms with Gasteiger partial charge in [-0.25, -0.2) is 4.79 Å². The number of hydrogen-bond donors (Lipinski definition) is 4. The normalized spacial score (nSPS) is 13.7. The van der Waals surface area contributed by atoms with Crippen molar-refractivity contribution in [1.82, 2.24) is 15.5 Å². The second-order valence-electron chi connectivity index (χ2n) is 11.8. The molecule has 1 aliphatic heterocycles. The maximum Gasteiger partial charge on any atom is 0.407 e. The summed E-state index contributed by atoms with van der Waals surface area (Å²) in [6, 6.07) is 23.1. The van der Waals surface area contributed by atoms with E-state index < -0.39 is 11.7 Å². The number of nitrogens with one attached hydrogen (secondary N) is 4. The second kappa shape index (κ2) is 14.0. The first-order chi connectivity index (χ1) is 20.5. The van der Waals surface area contributed by atoms with Crippen LogP contribution in [0.25, 0.3) is 11.3 Å². The largest absolute Gasteiger partial charge is 0.444 e. The summed E-state index contributed by atoms with van der Waals surface area (Å²) in [6.07, 6.45) is 0.928. The maximum absolute atomic E-state index is 13.3. The van der Waals surface area contributed by atoms with E-state index in [0.29, 0.717) is 54.0 Å². The number of benzene rings is 3. The Kier molecular flexibility index (Phi) is 10.2. The van der Waals surface area contributed by atoms with Gasteiger partial charge in [0.05, 0.1) is 11.3 Å². The molecule has 3 amide bonds. The molecule has 43 heavy (non-hydrogen) atoms. The van der Waals surface area contributed by atoms with Gasteiger partial charge in [0.1, 0.15) is 5.60 Å². The number of rotatable bonds is 11. The summed E-state index contributed by atoms with van der Waals surface area (Å²) >= 11 is 0.